The van der Waals surface area contributed by atoms with Gasteiger partial charge in [0.25, 0.3) is 5.91 Å². The standard InChI is InChI=1S/C19H20N4O5S/c1-5-28-19(25)15-10(2)14-16(20-9-21-18(14)29-15)22-23-17(24)11-6-12(26-3)8-13(7-11)27-4/h6-9H,5H2,1-4H3,(H,23,24)(H,20,21,22). The van der Waals surface area contributed by atoms with Crippen molar-refractivity contribution in [3.8, 4) is 11.5 Å². The molecule has 152 valence electrons. The maximum absolute atomic E-state index is 12.6. The summed E-state index contributed by atoms with van der Waals surface area (Å²) in [5, 5.41) is 0.643. The number of hydrogen-bond donors (Lipinski definition) is 2. The van der Waals surface area contributed by atoms with Gasteiger partial charge in [-0.2, -0.15) is 0 Å². The molecule has 0 aliphatic heterocycles. The molecule has 0 fully saturated rings. The van der Waals surface area contributed by atoms with Crippen molar-refractivity contribution in [1.29, 1.82) is 0 Å². The van der Waals surface area contributed by atoms with Crippen molar-refractivity contribution in [3.63, 3.8) is 0 Å². The van der Waals surface area contributed by atoms with Crippen LogP contribution in [-0.2, 0) is 4.74 Å². The Morgan fingerprint density at radius 1 is 1.10 bits per heavy atom. The summed E-state index contributed by atoms with van der Waals surface area (Å²) in [6, 6.07) is 4.84. The number of rotatable bonds is 7. The molecule has 1 aromatic carbocycles. The van der Waals surface area contributed by atoms with E-state index in [1.807, 2.05) is 0 Å². The Balaban J connectivity index is 1.85. The third kappa shape index (κ3) is 4.21. The van der Waals surface area contributed by atoms with E-state index in [1.165, 1.54) is 31.9 Å². The molecule has 2 N–H and O–H groups in total. The van der Waals surface area contributed by atoms with Gasteiger partial charge >= 0.3 is 5.97 Å². The van der Waals surface area contributed by atoms with Crippen molar-refractivity contribution in [2.45, 2.75) is 13.8 Å². The Hall–Kier alpha value is -3.40. The number of amides is 1. The van der Waals surface area contributed by atoms with Gasteiger partial charge in [0, 0.05) is 11.6 Å². The topological polar surface area (TPSA) is 112 Å². The van der Waals surface area contributed by atoms with Gasteiger partial charge in [0.05, 0.1) is 26.2 Å². The zero-order chi connectivity index (χ0) is 21.0. The summed E-state index contributed by atoms with van der Waals surface area (Å²) in [7, 11) is 3.01. The minimum absolute atomic E-state index is 0.281. The van der Waals surface area contributed by atoms with Gasteiger partial charge in [0.2, 0.25) is 0 Å². The van der Waals surface area contributed by atoms with Crippen LogP contribution < -0.4 is 20.3 Å². The summed E-state index contributed by atoms with van der Waals surface area (Å²) in [6.45, 7) is 3.81. The molecule has 2 aromatic heterocycles. The lowest BCUT2D eigenvalue weighted by atomic mass is 10.2. The van der Waals surface area contributed by atoms with Crippen molar-refractivity contribution in [2.24, 2.45) is 0 Å². The Morgan fingerprint density at radius 3 is 2.41 bits per heavy atom. The predicted octanol–water partition coefficient (Wildman–Crippen LogP) is 2.95. The van der Waals surface area contributed by atoms with Crippen LogP contribution in [-0.4, -0.2) is 42.7 Å². The van der Waals surface area contributed by atoms with Crippen LogP contribution in [0.15, 0.2) is 24.5 Å². The van der Waals surface area contributed by atoms with Crippen LogP contribution in [0.1, 0.15) is 32.5 Å². The third-order valence-corrected chi connectivity index (χ3v) is 5.28. The molecule has 0 aliphatic carbocycles. The van der Waals surface area contributed by atoms with Gasteiger partial charge < -0.3 is 14.2 Å². The van der Waals surface area contributed by atoms with Crippen molar-refractivity contribution in [3.05, 3.63) is 40.5 Å². The Labute approximate surface area is 171 Å². The van der Waals surface area contributed by atoms with E-state index in [2.05, 4.69) is 20.8 Å². The van der Waals surface area contributed by atoms with E-state index in [9.17, 15) is 9.59 Å². The van der Waals surface area contributed by atoms with Crippen LogP contribution in [0, 0.1) is 6.92 Å². The van der Waals surface area contributed by atoms with Crippen molar-refractivity contribution in [1.82, 2.24) is 15.4 Å². The lowest BCUT2D eigenvalue weighted by molar-refractivity contribution is 0.0531. The number of aryl methyl sites for hydroxylation is 1. The lowest BCUT2D eigenvalue weighted by Crippen LogP contribution is -2.30. The highest BCUT2D eigenvalue weighted by Crippen LogP contribution is 2.33. The van der Waals surface area contributed by atoms with Crippen molar-refractivity contribution >= 4 is 39.2 Å². The maximum Gasteiger partial charge on any atom is 0.348 e. The largest absolute Gasteiger partial charge is 0.497 e. The number of ether oxygens (including phenoxy) is 3. The van der Waals surface area contributed by atoms with Gasteiger partial charge in [-0.3, -0.25) is 15.6 Å². The molecule has 29 heavy (non-hydrogen) atoms. The van der Waals surface area contributed by atoms with Crippen LogP contribution in [0.25, 0.3) is 10.2 Å². The van der Waals surface area contributed by atoms with Crippen molar-refractivity contribution < 1.29 is 23.8 Å². The van der Waals surface area contributed by atoms with Crippen LogP contribution in [0.4, 0.5) is 5.82 Å². The number of hydrogen-bond acceptors (Lipinski definition) is 9. The lowest BCUT2D eigenvalue weighted by Gasteiger charge is -2.11. The number of benzene rings is 1. The molecular weight excluding hydrogens is 396 g/mol. The van der Waals surface area contributed by atoms with Crippen LogP contribution in [0.5, 0.6) is 11.5 Å². The average Bonchev–Trinajstić information content (AvgIpc) is 3.09. The third-order valence-electron chi connectivity index (χ3n) is 4.10. The first kappa shape index (κ1) is 20.3. The van der Waals surface area contributed by atoms with Crippen LogP contribution >= 0.6 is 11.3 Å². The van der Waals surface area contributed by atoms with Gasteiger partial charge in [-0.25, -0.2) is 14.8 Å². The summed E-state index contributed by atoms with van der Waals surface area (Å²) in [4.78, 5) is 34.2. The normalized spacial score (nSPS) is 10.5. The number of carbonyl (C=O) groups is 2. The average molecular weight is 416 g/mol. The van der Waals surface area contributed by atoms with Gasteiger partial charge in [-0.15, -0.1) is 11.3 Å². The molecule has 3 rings (SSSR count). The molecule has 0 saturated heterocycles. The molecule has 0 saturated carbocycles. The summed E-state index contributed by atoms with van der Waals surface area (Å²) < 4.78 is 15.5. The number of aromatic nitrogens is 2. The molecule has 9 nitrogen and oxygen atoms in total. The zero-order valence-corrected chi connectivity index (χ0v) is 17.2. The maximum atomic E-state index is 12.6. The summed E-state index contributed by atoms with van der Waals surface area (Å²) in [5.41, 5.74) is 6.43. The molecule has 0 radical (unpaired) electrons. The van der Waals surface area contributed by atoms with E-state index in [4.69, 9.17) is 14.2 Å². The number of thiophene rings is 1. The zero-order valence-electron chi connectivity index (χ0n) is 16.4. The fourth-order valence-corrected chi connectivity index (χ4v) is 3.73. The van der Waals surface area contributed by atoms with Gasteiger partial charge in [0.1, 0.15) is 27.5 Å². The fourth-order valence-electron chi connectivity index (χ4n) is 2.68. The first-order chi connectivity index (χ1) is 14.0. The van der Waals surface area contributed by atoms with Crippen molar-refractivity contribution in [2.75, 3.05) is 26.3 Å². The quantitative estimate of drug-likeness (QED) is 0.447. The second kappa shape index (κ2) is 8.74. The number of esters is 1. The molecular formula is C19H20N4O5S. The molecule has 0 aliphatic rings. The Kier molecular flexibility index (Phi) is 6.13. The first-order valence-electron chi connectivity index (χ1n) is 8.69. The highest BCUT2D eigenvalue weighted by atomic mass is 32.1. The molecule has 0 unspecified atom stereocenters. The highest BCUT2D eigenvalue weighted by Gasteiger charge is 2.20. The SMILES string of the molecule is CCOC(=O)c1sc2ncnc(NNC(=O)c3cc(OC)cc(OC)c3)c2c1C. The number of nitrogens with one attached hydrogen (secondary N) is 2. The van der Waals surface area contributed by atoms with E-state index in [0.717, 1.165) is 0 Å². The minimum Gasteiger partial charge on any atom is -0.497 e. The Bertz CT molecular complexity index is 1040. The summed E-state index contributed by atoms with van der Waals surface area (Å²) in [6.07, 6.45) is 1.36. The van der Waals surface area contributed by atoms with Crippen LogP contribution in [0.2, 0.25) is 0 Å². The second-order valence-corrected chi connectivity index (χ2v) is 6.86. The number of fused-ring (bicyclic) bond motifs is 1. The summed E-state index contributed by atoms with van der Waals surface area (Å²) in [5.74, 6) is 0.541. The molecule has 2 heterocycles. The van der Waals surface area contributed by atoms with E-state index in [0.29, 0.717) is 43.5 Å². The second-order valence-electron chi connectivity index (χ2n) is 5.86. The number of hydrazine groups is 1. The predicted molar refractivity (Wildman–Crippen MR) is 109 cm³/mol. The number of anilines is 1. The number of carbonyl (C=O) groups excluding carboxylic acids is 2. The number of nitrogens with zero attached hydrogens (tertiary/aromatic N) is 2. The van der Waals surface area contributed by atoms with E-state index < -0.39 is 11.9 Å². The fraction of sp³-hybridized carbons (Fsp3) is 0.263. The highest BCUT2D eigenvalue weighted by molar-refractivity contribution is 7.20. The van der Waals surface area contributed by atoms with E-state index in [-0.39, 0.29) is 6.61 Å². The van der Waals surface area contributed by atoms with E-state index in [1.54, 1.807) is 32.0 Å². The molecule has 3 aromatic rings. The van der Waals surface area contributed by atoms with E-state index >= 15 is 0 Å². The smallest absolute Gasteiger partial charge is 0.348 e. The first-order valence-corrected chi connectivity index (χ1v) is 9.50. The molecule has 0 spiro atoms. The van der Waals surface area contributed by atoms with Crippen LogP contribution in [0.3, 0.4) is 0 Å². The minimum atomic E-state index is -0.411. The van der Waals surface area contributed by atoms with Gasteiger partial charge in [-0.05, 0) is 31.5 Å². The molecule has 10 heteroatoms. The molecule has 0 atom stereocenters. The molecule has 0 bridgehead atoms. The monoisotopic (exact) mass is 416 g/mol. The van der Waals surface area contributed by atoms with Gasteiger partial charge in [0.15, 0.2) is 5.82 Å². The number of methoxy groups -OCH3 is 2. The molecule has 1 amide bonds. The van der Waals surface area contributed by atoms with Gasteiger partial charge in [-0.1, -0.05) is 0 Å². The summed E-state index contributed by atoms with van der Waals surface area (Å²) >= 11 is 1.22. The Morgan fingerprint density at radius 2 is 1.79 bits per heavy atom.